The minimum atomic E-state index is -0.111. The fraction of sp³-hybridized carbons (Fsp3) is 0.438. The molecular weight excluding hydrogens is 294 g/mol. The summed E-state index contributed by atoms with van der Waals surface area (Å²) in [6, 6.07) is 0. The van der Waals surface area contributed by atoms with E-state index in [9.17, 15) is 9.59 Å². The number of rotatable bonds is 3. The van der Waals surface area contributed by atoms with Crippen molar-refractivity contribution in [3.05, 3.63) is 51.7 Å². The molecule has 0 fully saturated rings. The molecule has 2 aromatic rings. The third-order valence-electron chi connectivity index (χ3n) is 4.12. The molecule has 7 nitrogen and oxygen atoms in total. The van der Waals surface area contributed by atoms with Crippen molar-refractivity contribution >= 4 is 5.91 Å². The van der Waals surface area contributed by atoms with Crippen LogP contribution in [0, 0.1) is 12.8 Å². The lowest BCUT2D eigenvalue weighted by Crippen LogP contribution is -2.30. The first-order valence-electron chi connectivity index (χ1n) is 7.75. The molecule has 3 rings (SSSR count). The molecule has 1 aliphatic carbocycles. The number of nitrogens with one attached hydrogen (secondary N) is 2. The van der Waals surface area contributed by atoms with Crippen molar-refractivity contribution in [3.8, 4) is 0 Å². The van der Waals surface area contributed by atoms with E-state index < -0.39 is 0 Å². The van der Waals surface area contributed by atoms with Crippen LogP contribution in [0.1, 0.15) is 35.6 Å². The lowest BCUT2D eigenvalue weighted by Gasteiger charge is -2.13. The summed E-state index contributed by atoms with van der Waals surface area (Å²) >= 11 is 0. The number of aryl methyl sites for hydroxylation is 2. The average Bonchev–Trinajstić information content (AvgIpc) is 2.76. The largest absolute Gasteiger partial charge is 0.350 e. The fourth-order valence-corrected chi connectivity index (χ4v) is 2.91. The highest BCUT2D eigenvalue weighted by atomic mass is 16.2. The van der Waals surface area contributed by atoms with Gasteiger partial charge in [0.25, 0.3) is 5.56 Å². The molecule has 0 radical (unpaired) electrons. The zero-order valence-corrected chi connectivity index (χ0v) is 13.0. The number of hydrogen-bond acceptors (Lipinski definition) is 5. The molecule has 0 spiro atoms. The molecule has 1 aliphatic rings. The summed E-state index contributed by atoms with van der Waals surface area (Å²) in [4.78, 5) is 39.6. The predicted molar refractivity (Wildman–Crippen MR) is 83.6 cm³/mol. The summed E-state index contributed by atoms with van der Waals surface area (Å²) in [5.74, 6) is 0.511. The van der Waals surface area contributed by atoms with Crippen LogP contribution in [0.4, 0.5) is 0 Å². The number of hydrogen-bond donors (Lipinski definition) is 2. The normalized spacial score (nSPS) is 17.2. The monoisotopic (exact) mass is 313 g/mol. The number of aromatic amines is 1. The van der Waals surface area contributed by atoms with E-state index in [0.29, 0.717) is 38.1 Å². The molecule has 0 bridgehead atoms. The zero-order valence-electron chi connectivity index (χ0n) is 13.0. The van der Waals surface area contributed by atoms with Crippen molar-refractivity contribution in [1.29, 1.82) is 0 Å². The Morgan fingerprint density at radius 3 is 2.96 bits per heavy atom. The van der Waals surface area contributed by atoms with Gasteiger partial charge in [0, 0.05) is 23.9 Å². The van der Waals surface area contributed by atoms with Crippen molar-refractivity contribution in [3.63, 3.8) is 0 Å². The van der Waals surface area contributed by atoms with Crippen LogP contribution in [0.15, 0.2) is 23.4 Å². The van der Waals surface area contributed by atoms with E-state index in [1.807, 2.05) is 0 Å². The smallest absolute Gasteiger partial charge is 0.254 e. The highest BCUT2D eigenvalue weighted by Crippen LogP contribution is 2.21. The second-order valence-electron chi connectivity index (χ2n) is 5.77. The van der Waals surface area contributed by atoms with Crippen LogP contribution in [0.2, 0.25) is 0 Å². The van der Waals surface area contributed by atoms with Crippen molar-refractivity contribution in [2.75, 3.05) is 0 Å². The molecule has 0 aromatic carbocycles. The van der Waals surface area contributed by atoms with Crippen LogP contribution in [-0.2, 0) is 24.2 Å². The first-order valence-corrected chi connectivity index (χ1v) is 7.75. The van der Waals surface area contributed by atoms with Gasteiger partial charge in [0.1, 0.15) is 5.82 Å². The van der Waals surface area contributed by atoms with Gasteiger partial charge < -0.3 is 10.3 Å². The maximum atomic E-state index is 12.4. The summed E-state index contributed by atoms with van der Waals surface area (Å²) < 4.78 is 0. The van der Waals surface area contributed by atoms with E-state index in [1.54, 1.807) is 25.5 Å². The van der Waals surface area contributed by atoms with Crippen molar-refractivity contribution in [1.82, 2.24) is 25.3 Å². The molecule has 0 saturated carbocycles. The van der Waals surface area contributed by atoms with E-state index in [0.717, 1.165) is 17.0 Å². The highest BCUT2D eigenvalue weighted by Gasteiger charge is 2.24. The van der Waals surface area contributed by atoms with E-state index >= 15 is 0 Å². The first kappa shape index (κ1) is 15.3. The van der Waals surface area contributed by atoms with E-state index in [-0.39, 0.29) is 17.4 Å². The average molecular weight is 313 g/mol. The minimum absolute atomic E-state index is 0.00314. The van der Waals surface area contributed by atoms with Crippen molar-refractivity contribution in [2.45, 2.75) is 39.2 Å². The molecule has 1 unspecified atom stereocenters. The van der Waals surface area contributed by atoms with Crippen LogP contribution in [0.5, 0.6) is 0 Å². The molecule has 1 atom stereocenters. The Morgan fingerprint density at radius 1 is 1.35 bits per heavy atom. The van der Waals surface area contributed by atoms with E-state index in [2.05, 4.69) is 25.3 Å². The third-order valence-corrected chi connectivity index (χ3v) is 4.12. The van der Waals surface area contributed by atoms with Crippen LogP contribution < -0.4 is 10.9 Å². The maximum Gasteiger partial charge on any atom is 0.254 e. The van der Waals surface area contributed by atoms with Crippen molar-refractivity contribution < 1.29 is 4.79 Å². The summed E-state index contributed by atoms with van der Waals surface area (Å²) in [6.07, 6.45) is 7.44. The molecule has 0 saturated heterocycles. The summed E-state index contributed by atoms with van der Waals surface area (Å²) in [5.41, 5.74) is 2.20. The van der Waals surface area contributed by atoms with Gasteiger partial charge in [0.15, 0.2) is 0 Å². The van der Waals surface area contributed by atoms with Gasteiger partial charge in [-0.25, -0.2) is 4.98 Å². The number of H-pyrrole nitrogens is 1. The molecule has 1 amide bonds. The number of amides is 1. The Hall–Kier alpha value is -2.57. The van der Waals surface area contributed by atoms with Gasteiger partial charge in [-0.1, -0.05) is 0 Å². The molecule has 0 aliphatic heterocycles. The van der Waals surface area contributed by atoms with E-state index in [1.165, 1.54) is 0 Å². The minimum Gasteiger partial charge on any atom is -0.350 e. The molecule has 23 heavy (non-hydrogen) atoms. The van der Waals surface area contributed by atoms with Gasteiger partial charge in [0.05, 0.1) is 24.1 Å². The zero-order chi connectivity index (χ0) is 16.2. The number of nitrogens with zero attached hydrogens (tertiary/aromatic N) is 3. The number of carbonyl (C=O) groups excluding carboxylic acids is 1. The topological polar surface area (TPSA) is 101 Å². The highest BCUT2D eigenvalue weighted by molar-refractivity contribution is 5.78. The Bertz CT molecular complexity index is 757. The van der Waals surface area contributed by atoms with E-state index in [4.69, 9.17) is 0 Å². The predicted octanol–water partition coefficient (Wildman–Crippen LogP) is 0.680. The maximum absolute atomic E-state index is 12.4. The number of aromatic nitrogens is 4. The van der Waals surface area contributed by atoms with Crippen LogP contribution >= 0.6 is 0 Å². The Labute approximate surface area is 133 Å². The standard InChI is InChI=1S/C16H19N5O2/c1-10-20-14-5-3-11(2-4-13(14)16(23)21-10)15(22)19-9-12-8-17-6-7-18-12/h6-8,11H,2-5,9H2,1H3,(H,19,22)(H,20,21,23). The van der Waals surface area contributed by atoms with Crippen molar-refractivity contribution in [2.24, 2.45) is 5.92 Å². The summed E-state index contributed by atoms with van der Waals surface area (Å²) in [6.45, 7) is 2.14. The molecule has 7 heteroatoms. The Balaban J connectivity index is 1.64. The lowest BCUT2D eigenvalue weighted by atomic mass is 9.99. The first-order chi connectivity index (χ1) is 11.1. The SMILES string of the molecule is Cc1nc2c(c(=O)[nH]1)CCC(C(=O)NCc1cnccn1)CC2. The lowest BCUT2D eigenvalue weighted by molar-refractivity contribution is -0.125. The molecule has 2 N–H and O–H groups in total. The van der Waals surface area contributed by atoms with Crippen LogP contribution in [0.25, 0.3) is 0 Å². The van der Waals surface area contributed by atoms with Crippen LogP contribution in [0.3, 0.4) is 0 Å². The second kappa shape index (κ2) is 6.68. The summed E-state index contributed by atoms with van der Waals surface area (Å²) in [5, 5.41) is 2.90. The van der Waals surface area contributed by atoms with Gasteiger partial charge in [-0.3, -0.25) is 19.6 Å². The number of fused-ring (bicyclic) bond motifs is 1. The second-order valence-corrected chi connectivity index (χ2v) is 5.77. The Kier molecular flexibility index (Phi) is 4.45. The molecule has 2 aromatic heterocycles. The summed E-state index contributed by atoms with van der Waals surface area (Å²) in [7, 11) is 0. The molecule has 2 heterocycles. The fourth-order valence-electron chi connectivity index (χ4n) is 2.91. The molecule has 120 valence electrons. The van der Waals surface area contributed by atoms with Gasteiger partial charge >= 0.3 is 0 Å². The van der Waals surface area contributed by atoms with Gasteiger partial charge in [-0.15, -0.1) is 0 Å². The van der Waals surface area contributed by atoms with Gasteiger partial charge in [-0.2, -0.15) is 0 Å². The third kappa shape index (κ3) is 3.61. The Morgan fingerprint density at radius 2 is 2.17 bits per heavy atom. The van der Waals surface area contributed by atoms with Crippen LogP contribution in [-0.4, -0.2) is 25.8 Å². The molecular formula is C16H19N5O2. The quantitative estimate of drug-likeness (QED) is 0.812. The van der Waals surface area contributed by atoms with Gasteiger partial charge in [-0.05, 0) is 32.6 Å². The van der Waals surface area contributed by atoms with Gasteiger partial charge in [0.2, 0.25) is 5.91 Å². The number of carbonyl (C=O) groups is 1.